The van der Waals surface area contributed by atoms with Gasteiger partial charge >= 0.3 is 0 Å². The molecule has 2 aromatic rings. The van der Waals surface area contributed by atoms with E-state index in [4.69, 9.17) is 0 Å². The average molecular weight is 252 g/mol. The lowest BCUT2D eigenvalue weighted by atomic mass is 10.4. The molecule has 1 N–H and O–H groups in total. The van der Waals surface area contributed by atoms with Crippen LogP contribution in [0.4, 0.5) is 0 Å². The highest BCUT2D eigenvalue weighted by molar-refractivity contribution is 7.21. The van der Waals surface area contributed by atoms with Crippen molar-refractivity contribution in [3.05, 3.63) is 28.1 Å². The zero-order chi connectivity index (χ0) is 11.5. The summed E-state index contributed by atoms with van der Waals surface area (Å²) in [7, 11) is 0. The van der Waals surface area contributed by atoms with Crippen molar-refractivity contribution < 1.29 is 0 Å². The Bertz CT molecular complexity index is 457. The van der Waals surface area contributed by atoms with Crippen LogP contribution in [0.25, 0.3) is 9.88 Å². The second kappa shape index (κ2) is 5.08. The van der Waals surface area contributed by atoms with Crippen LogP contribution in [0.3, 0.4) is 0 Å². The van der Waals surface area contributed by atoms with Crippen LogP contribution in [-0.2, 0) is 6.54 Å². The fraction of sp³-hybridized carbons (Fsp3) is 0.417. The van der Waals surface area contributed by atoms with Gasteiger partial charge in [0.15, 0.2) is 0 Å². The third-order valence-electron chi connectivity index (χ3n) is 2.19. The Labute approximate surface area is 104 Å². The zero-order valence-corrected chi connectivity index (χ0v) is 11.4. The predicted octanol–water partition coefficient (Wildman–Crippen LogP) is 3.68. The summed E-state index contributed by atoms with van der Waals surface area (Å²) in [4.78, 5) is 8.38. The van der Waals surface area contributed by atoms with E-state index in [2.05, 4.69) is 43.2 Å². The summed E-state index contributed by atoms with van der Waals surface area (Å²) in [6, 6.07) is 4.82. The van der Waals surface area contributed by atoms with E-state index in [1.54, 1.807) is 22.7 Å². The van der Waals surface area contributed by atoms with Gasteiger partial charge in [0.2, 0.25) is 0 Å². The van der Waals surface area contributed by atoms with Crippen LogP contribution in [0.15, 0.2) is 18.3 Å². The number of thiazole rings is 1. The summed E-state index contributed by atoms with van der Waals surface area (Å²) < 4.78 is 0. The molecule has 2 nitrogen and oxygen atoms in total. The second-order valence-electron chi connectivity index (χ2n) is 4.08. The van der Waals surface area contributed by atoms with Crippen LogP contribution >= 0.6 is 22.7 Å². The predicted molar refractivity (Wildman–Crippen MR) is 72.1 cm³/mol. The van der Waals surface area contributed by atoms with Crippen molar-refractivity contribution in [1.82, 2.24) is 10.3 Å². The summed E-state index contributed by atoms with van der Waals surface area (Å²) in [5.74, 6) is 0. The molecule has 2 aromatic heterocycles. The quantitative estimate of drug-likeness (QED) is 0.898. The van der Waals surface area contributed by atoms with Gasteiger partial charge in [-0.2, -0.15) is 0 Å². The van der Waals surface area contributed by atoms with Crippen LogP contribution in [0.5, 0.6) is 0 Å². The monoisotopic (exact) mass is 252 g/mol. The van der Waals surface area contributed by atoms with E-state index in [0.717, 1.165) is 11.6 Å². The van der Waals surface area contributed by atoms with Gasteiger partial charge in [0.25, 0.3) is 0 Å². The molecule has 0 unspecified atom stereocenters. The first-order valence-electron chi connectivity index (χ1n) is 5.40. The van der Waals surface area contributed by atoms with Crippen molar-refractivity contribution in [2.75, 3.05) is 0 Å². The van der Waals surface area contributed by atoms with Crippen LogP contribution in [0.2, 0.25) is 0 Å². The highest BCUT2D eigenvalue weighted by Crippen LogP contribution is 2.30. The molecule has 86 valence electrons. The molecule has 0 spiro atoms. The Kier molecular flexibility index (Phi) is 3.74. The van der Waals surface area contributed by atoms with Crippen molar-refractivity contribution in [3.63, 3.8) is 0 Å². The molecule has 16 heavy (non-hydrogen) atoms. The number of aryl methyl sites for hydroxylation is 1. The van der Waals surface area contributed by atoms with Crippen LogP contribution < -0.4 is 5.32 Å². The lowest BCUT2D eigenvalue weighted by Crippen LogP contribution is -2.21. The molecular formula is C12H16N2S2. The summed E-state index contributed by atoms with van der Waals surface area (Å²) in [6.07, 6.45) is 1.98. The van der Waals surface area contributed by atoms with Gasteiger partial charge < -0.3 is 5.32 Å². The Balaban J connectivity index is 2.07. The molecule has 0 atom stereocenters. The highest BCUT2D eigenvalue weighted by Gasteiger charge is 2.06. The number of aromatic nitrogens is 1. The number of hydrogen-bond acceptors (Lipinski definition) is 4. The fourth-order valence-corrected chi connectivity index (χ4v) is 3.15. The molecule has 0 aromatic carbocycles. The van der Waals surface area contributed by atoms with Crippen molar-refractivity contribution in [1.29, 1.82) is 0 Å². The lowest BCUT2D eigenvalue weighted by Gasteiger charge is -2.04. The Morgan fingerprint density at radius 2 is 2.12 bits per heavy atom. The summed E-state index contributed by atoms with van der Waals surface area (Å²) in [6.45, 7) is 7.36. The van der Waals surface area contributed by atoms with Crippen molar-refractivity contribution in [2.24, 2.45) is 0 Å². The summed E-state index contributed by atoms with van der Waals surface area (Å²) in [5.41, 5.74) is 0. The largest absolute Gasteiger partial charge is 0.310 e. The third-order valence-corrected chi connectivity index (χ3v) is 4.36. The normalized spacial score (nSPS) is 11.2. The van der Waals surface area contributed by atoms with E-state index >= 15 is 0 Å². The van der Waals surface area contributed by atoms with E-state index in [1.165, 1.54) is 14.6 Å². The number of thiophene rings is 1. The summed E-state index contributed by atoms with van der Waals surface area (Å²) in [5, 5.41) is 4.54. The summed E-state index contributed by atoms with van der Waals surface area (Å²) >= 11 is 3.58. The van der Waals surface area contributed by atoms with E-state index in [0.29, 0.717) is 6.04 Å². The molecular weight excluding hydrogens is 236 g/mol. The molecule has 2 heterocycles. The second-order valence-corrected chi connectivity index (χ2v) is 6.48. The molecule has 2 rings (SSSR count). The minimum atomic E-state index is 0.523. The van der Waals surface area contributed by atoms with Crippen LogP contribution in [0.1, 0.15) is 23.6 Å². The number of hydrogen-bond donors (Lipinski definition) is 1. The fourth-order valence-electron chi connectivity index (χ4n) is 1.36. The first-order valence-corrected chi connectivity index (χ1v) is 7.03. The van der Waals surface area contributed by atoms with Gasteiger partial charge in [-0.1, -0.05) is 13.8 Å². The van der Waals surface area contributed by atoms with Crippen molar-refractivity contribution in [2.45, 2.75) is 33.4 Å². The molecule has 0 radical (unpaired) electrons. The highest BCUT2D eigenvalue weighted by atomic mass is 32.1. The molecule has 0 amide bonds. The molecule has 0 saturated carbocycles. The molecule has 0 aliphatic carbocycles. The van der Waals surface area contributed by atoms with Crippen molar-refractivity contribution in [3.8, 4) is 9.88 Å². The van der Waals surface area contributed by atoms with Gasteiger partial charge in [-0.05, 0) is 19.1 Å². The first kappa shape index (κ1) is 11.8. The van der Waals surface area contributed by atoms with Crippen LogP contribution in [0, 0.1) is 6.92 Å². The number of nitrogens with one attached hydrogen (secondary N) is 1. The molecule has 0 aliphatic heterocycles. The van der Waals surface area contributed by atoms with E-state index in [-0.39, 0.29) is 0 Å². The van der Waals surface area contributed by atoms with E-state index in [1.807, 2.05) is 6.20 Å². The first-order chi connectivity index (χ1) is 7.65. The van der Waals surface area contributed by atoms with Crippen LogP contribution in [-0.4, -0.2) is 11.0 Å². The van der Waals surface area contributed by atoms with Gasteiger partial charge in [-0.3, -0.25) is 0 Å². The van der Waals surface area contributed by atoms with Gasteiger partial charge in [-0.15, -0.1) is 22.7 Å². The van der Waals surface area contributed by atoms with E-state index < -0.39 is 0 Å². The maximum Gasteiger partial charge on any atom is 0.133 e. The third kappa shape index (κ3) is 2.90. The Hall–Kier alpha value is -0.710. The minimum Gasteiger partial charge on any atom is -0.310 e. The van der Waals surface area contributed by atoms with Gasteiger partial charge in [0.05, 0.1) is 4.88 Å². The van der Waals surface area contributed by atoms with Gasteiger partial charge in [0.1, 0.15) is 5.01 Å². The average Bonchev–Trinajstić information content (AvgIpc) is 2.83. The lowest BCUT2D eigenvalue weighted by molar-refractivity contribution is 0.593. The number of nitrogens with zero attached hydrogens (tertiary/aromatic N) is 1. The molecule has 4 heteroatoms. The minimum absolute atomic E-state index is 0.523. The maximum atomic E-state index is 4.47. The molecule has 0 bridgehead atoms. The Morgan fingerprint density at radius 1 is 1.31 bits per heavy atom. The number of rotatable bonds is 4. The molecule has 0 fully saturated rings. The Morgan fingerprint density at radius 3 is 2.75 bits per heavy atom. The van der Waals surface area contributed by atoms with Gasteiger partial charge in [0, 0.05) is 28.5 Å². The topological polar surface area (TPSA) is 24.9 Å². The molecule has 0 aliphatic rings. The SMILES string of the molecule is Cc1ccc(-c2ncc(CNC(C)C)s2)s1. The molecule has 0 saturated heterocycles. The van der Waals surface area contributed by atoms with E-state index in [9.17, 15) is 0 Å². The van der Waals surface area contributed by atoms with Crippen molar-refractivity contribution >= 4 is 22.7 Å². The zero-order valence-electron chi connectivity index (χ0n) is 9.78. The standard InChI is InChI=1S/C12H16N2S2/c1-8(2)13-6-10-7-14-12(16-10)11-5-4-9(3)15-11/h4-5,7-8,13H,6H2,1-3H3. The van der Waals surface area contributed by atoms with Gasteiger partial charge in [-0.25, -0.2) is 4.98 Å². The smallest absolute Gasteiger partial charge is 0.133 e. The maximum absolute atomic E-state index is 4.47.